The van der Waals surface area contributed by atoms with Crippen LogP contribution in [0.3, 0.4) is 0 Å². The summed E-state index contributed by atoms with van der Waals surface area (Å²) in [5, 5.41) is 4.24. The third-order valence-corrected chi connectivity index (χ3v) is 4.30. The minimum atomic E-state index is -0.130. The van der Waals surface area contributed by atoms with Crippen LogP contribution in [0.1, 0.15) is 15.9 Å². The van der Waals surface area contributed by atoms with Crippen LogP contribution < -0.4 is 14.8 Å². The number of nitrogens with zero attached hydrogens (tertiary/aromatic N) is 1. The van der Waals surface area contributed by atoms with Crippen molar-refractivity contribution in [1.82, 2.24) is 10.3 Å². The molecular weight excluding hydrogens is 352 g/mol. The first-order valence-corrected chi connectivity index (χ1v) is 8.54. The second-order valence-corrected chi connectivity index (χ2v) is 6.11. The molecule has 0 spiro atoms. The highest BCUT2D eigenvalue weighted by atomic mass is 35.5. The van der Waals surface area contributed by atoms with E-state index in [1.54, 1.807) is 32.4 Å². The normalized spacial score (nSPS) is 10.6. The van der Waals surface area contributed by atoms with Gasteiger partial charge in [-0.25, -0.2) is 4.98 Å². The number of carbonyl (C=O) groups is 1. The maximum absolute atomic E-state index is 12.4. The molecule has 0 aliphatic carbocycles. The maximum atomic E-state index is 12.4. The van der Waals surface area contributed by atoms with Gasteiger partial charge in [0.15, 0.2) is 0 Å². The van der Waals surface area contributed by atoms with Crippen molar-refractivity contribution < 1.29 is 14.3 Å². The highest BCUT2D eigenvalue weighted by Gasteiger charge is 2.09. The molecule has 3 rings (SSSR count). The van der Waals surface area contributed by atoms with Crippen molar-refractivity contribution in [2.24, 2.45) is 0 Å². The number of halogens is 1. The number of rotatable bonds is 6. The van der Waals surface area contributed by atoms with Gasteiger partial charge in [0, 0.05) is 23.6 Å². The molecule has 0 radical (unpaired) electrons. The number of carbonyl (C=O) groups excluding carboxylic acids is 1. The third-order valence-electron chi connectivity index (χ3n) is 4.09. The lowest BCUT2D eigenvalue weighted by Crippen LogP contribution is -2.25. The zero-order valence-electron chi connectivity index (χ0n) is 14.6. The van der Waals surface area contributed by atoms with Crippen molar-refractivity contribution in [3.8, 4) is 11.5 Å². The number of hydrogen-bond acceptors (Lipinski definition) is 4. The molecule has 0 aliphatic rings. The standard InChI is InChI=1S/C20H19ClN2O3/c1-25-16-6-3-13(18(12-16)26-2)9-10-22-20(24)15-4-7-17-14(11-15)5-8-19(21)23-17/h3-8,11-12H,9-10H2,1-2H3,(H,22,24). The highest BCUT2D eigenvalue weighted by Crippen LogP contribution is 2.24. The van der Waals surface area contributed by atoms with Crippen molar-refractivity contribution in [3.05, 3.63) is 64.8 Å². The quantitative estimate of drug-likeness (QED) is 0.669. The number of hydrogen-bond donors (Lipinski definition) is 1. The molecule has 1 heterocycles. The van der Waals surface area contributed by atoms with E-state index in [0.29, 0.717) is 23.7 Å². The van der Waals surface area contributed by atoms with Gasteiger partial charge < -0.3 is 14.8 Å². The molecule has 1 aromatic heterocycles. The third kappa shape index (κ3) is 4.06. The van der Waals surface area contributed by atoms with Crippen molar-refractivity contribution in [3.63, 3.8) is 0 Å². The predicted octanol–water partition coefficient (Wildman–Crippen LogP) is 3.88. The topological polar surface area (TPSA) is 60.5 Å². The molecule has 3 aromatic rings. The fourth-order valence-electron chi connectivity index (χ4n) is 2.71. The highest BCUT2D eigenvalue weighted by molar-refractivity contribution is 6.29. The molecule has 0 aliphatic heterocycles. The largest absolute Gasteiger partial charge is 0.497 e. The summed E-state index contributed by atoms with van der Waals surface area (Å²) in [6.07, 6.45) is 0.656. The number of fused-ring (bicyclic) bond motifs is 1. The summed E-state index contributed by atoms with van der Waals surface area (Å²) < 4.78 is 10.6. The van der Waals surface area contributed by atoms with Gasteiger partial charge in [-0.3, -0.25) is 4.79 Å². The fourth-order valence-corrected chi connectivity index (χ4v) is 2.87. The van der Waals surface area contributed by atoms with Crippen LogP contribution in [0.2, 0.25) is 5.15 Å². The van der Waals surface area contributed by atoms with E-state index >= 15 is 0 Å². The molecule has 5 nitrogen and oxygen atoms in total. The summed E-state index contributed by atoms with van der Waals surface area (Å²) in [6.45, 7) is 0.498. The molecule has 0 saturated heterocycles. The lowest BCUT2D eigenvalue weighted by molar-refractivity contribution is 0.0954. The van der Waals surface area contributed by atoms with Crippen molar-refractivity contribution in [2.45, 2.75) is 6.42 Å². The van der Waals surface area contributed by atoms with Gasteiger partial charge in [0.1, 0.15) is 16.7 Å². The van der Waals surface area contributed by atoms with Crippen LogP contribution in [-0.4, -0.2) is 31.7 Å². The van der Waals surface area contributed by atoms with Crippen molar-refractivity contribution >= 4 is 28.4 Å². The van der Waals surface area contributed by atoms with E-state index < -0.39 is 0 Å². The smallest absolute Gasteiger partial charge is 0.251 e. The van der Waals surface area contributed by atoms with Gasteiger partial charge in [-0.05, 0) is 48.4 Å². The number of benzene rings is 2. The molecule has 6 heteroatoms. The molecular formula is C20H19ClN2O3. The van der Waals surface area contributed by atoms with Gasteiger partial charge >= 0.3 is 0 Å². The molecule has 0 fully saturated rings. The second kappa shape index (κ2) is 8.06. The summed E-state index contributed by atoms with van der Waals surface area (Å²) in [4.78, 5) is 16.6. The number of methoxy groups -OCH3 is 2. The van der Waals surface area contributed by atoms with Crippen LogP contribution in [0.4, 0.5) is 0 Å². The van der Waals surface area contributed by atoms with Crippen molar-refractivity contribution in [1.29, 1.82) is 0 Å². The summed E-state index contributed by atoms with van der Waals surface area (Å²) >= 11 is 5.88. The average Bonchev–Trinajstić information content (AvgIpc) is 2.67. The Bertz CT molecular complexity index is 943. The van der Waals surface area contributed by atoms with E-state index in [1.807, 2.05) is 30.3 Å². The number of nitrogens with one attached hydrogen (secondary N) is 1. The van der Waals surface area contributed by atoms with Crippen LogP contribution in [0.25, 0.3) is 10.9 Å². The molecule has 0 saturated carbocycles. The van der Waals surface area contributed by atoms with E-state index in [9.17, 15) is 4.79 Å². The first-order valence-electron chi connectivity index (χ1n) is 8.16. The lowest BCUT2D eigenvalue weighted by atomic mass is 10.1. The minimum absolute atomic E-state index is 0.130. The molecule has 2 aromatic carbocycles. The number of aromatic nitrogens is 1. The monoisotopic (exact) mass is 370 g/mol. The summed E-state index contributed by atoms with van der Waals surface area (Å²) in [5.41, 5.74) is 2.35. The molecule has 1 amide bonds. The van der Waals surface area contributed by atoms with Gasteiger partial charge in [-0.2, -0.15) is 0 Å². The van der Waals surface area contributed by atoms with Crippen LogP contribution in [0, 0.1) is 0 Å². The van der Waals surface area contributed by atoms with Gasteiger partial charge in [0.2, 0.25) is 0 Å². The van der Waals surface area contributed by atoms with Gasteiger partial charge in [-0.15, -0.1) is 0 Å². The number of pyridine rings is 1. The zero-order valence-corrected chi connectivity index (χ0v) is 15.3. The summed E-state index contributed by atoms with van der Waals surface area (Å²) in [7, 11) is 3.23. The Balaban J connectivity index is 1.65. The number of amides is 1. The van der Waals surface area contributed by atoms with E-state index in [0.717, 1.165) is 28.0 Å². The second-order valence-electron chi connectivity index (χ2n) is 5.73. The Morgan fingerprint density at radius 3 is 2.69 bits per heavy atom. The number of ether oxygens (including phenoxy) is 2. The van der Waals surface area contributed by atoms with Gasteiger partial charge in [0.25, 0.3) is 5.91 Å². The first-order chi connectivity index (χ1) is 12.6. The molecule has 0 unspecified atom stereocenters. The predicted molar refractivity (Wildman–Crippen MR) is 102 cm³/mol. The van der Waals surface area contributed by atoms with Crippen molar-refractivity contribution in [2.75, 3.05) is 20.8 Å². The Morgan fingerprint density at radius 2 is 1.92 bits per heavy atom. The van der Waals surface area contributed by atoms with Crippen LogP contribution in [0.15, 0.2) is 48.5 Å². The molecule has 1 N–H and O–H groups in total. The first kappa shape index (κ1) is 18.0. The van der Waals surface area contributed by atoms with Crippen LogP contribution >= 0.6 is 11.6 Å². The zero-order chi connectivity index (χ0) is 18.5. The Morgan fingerprint density at radius 1 is 1.08 bits per heavy atom. The fraction of sp³-hybridized carbons (Fsp3) is 0.200. The van der Waals surface area contributed by atoms with E-state index in [1.165, 1.54) is 0 Å². The molecule has 26 heavy (non-hydrogen) atoms. The average molecular weight is 371 g/mol. The van der Waals surface area contributed by atoms with E-state index in [2.05, 4.69) is 10.3 Å². The Kier molecular flexibility index (Phi) is 5.58. The maximum Gasteiger partial charge on any atom is 0.251 e. The molecule has 0 atom stereocenters. The molecule has 0 bridgehead atoms. The van der Waals surface area contributed by atoms with Crippen LogP contribution in [-0.2, 0) is 6.42 Å². The van der Waals surface area contributed by atoms with Gasteiger partial charge in [0.05, 0.1) is 19.7 Å². The minimum Gasteiger partial charge on any atom is -0.497 e. The summed E-state index contributed by atoms with van der Waals surface area (Å²) in [6, 6.07) is 14.6. The Hall–Kier alpha value is -2.79. The Labute approximate surface area is 156 Å². The van der Waals surface area contributed by atoms with Crippen LogP contribution in [0.5, 0.6) is 11.5 Å². The van der Waals surface area contributed by atoms with Gasteiger partial charge in [-0.1, -0.05) is 17.7 Å². The summed E-state index contributed by atoms with van der Waals surface area (Å²) in [5.74, 6) is 1.35. The molecule has 134 valence electrons. The van der Waals surface area contributed by atoms with E-state index in [4.69, 9.17) is 21.1 Å². The lowest BCUT2D eigenvalue weighted by Gasteiger charge is -2.11. The SMILES string of the molecule is COc1ccc(CCNC(=O)c2ccc3nc(Cl)ccc3c2)c(OC)c1. The van der Waals surface area contributed by atoms with E-state index in [-0.39, 0.29) is 5.91 Å².